The van der Waals surface area contributed by atoms with Crippen molar-refractivity contribution in [2.24, 2.45) is 0 Å². The molecule has 1 saturated heterocycles. The molecule has 0 aromatic rings. The highest BCUT2D eigenvalue weighted by atomic mass is 127. The number of halogens is 1. The van der Waals surface area contributed by atoms with Crippen molar-refractivity contribution in [1.82, 2.24) is 10.2 Å². The van der Waals surface area contributed by atoms with E-state index in [1.54, 1.807) is 6.08 Å². The summed E-state index contributed by atoms with van der Waals surface area (Å²) < 4.78 is 0.769. The average Bonchev–Trinajstić information content (AvgIpc) is 2.41. The Hall–Kier alpha value is -1.03. The van der Waals surface area contributed by atoms with Gasteiger partial charge in [-0.15, -0.1) is 11.8 Å². The second kappa shape index (κ2) is 5.95. The fourth-order valence-electron chi connectivity index (χ4n) is 2.05. The van der Waals surface area contributed by atoms with Crippen LogP contribution in [0, 0.1) is 0 Å². The lowest BCUT2D eigenvalue weighted by atomic mass is 10.0. The van der Waals surface area contributed by atoms with Crippen molar-refractivity contribution in [1.29, 1.82) is 0 Å². The summed E-state index contributed by atoms with van der Waals surface area (Å²) in [5.41, 5.74) is 0.655. The number of nitrogens with zero attached hydrogens (tertiary/aromatic N) is 1. The molecule has 2 atom stereocenters. The van der Waals surface area contributed by atoms with Gasteiger partial charge >= 0.3 is 5.97 Å². The lowest BCUT2D eigenvalue weighted by Gasteiger charge is -2.48. The van der Waals surface area contributed by atoms with Crippen LogP contribution in [-0.4, -0.2) is 49.9 Å². The number of hydrogen-bond acceptors (Lipinski definition) is 4. The van der Waals surface area contributed by atoms with Crippen LogP contribution in [-0.2, 0) is 14.4 Å². The highest BCUT2D eigenvalue weighted by molar-refractivity contribution is 14.1. The Morgan fingerprint density at radius 1 is 1.63 bits per heavy atom. The molecule has 2 aliphatic rings. The van der Waals surface area contributed by atoms with E-state index in [0.717, 1.165) is 4.43 Å². The van der Waals surface area contributed by atoms with Gasteiger partial charge in [0.2, 0.25) is 6.41 Å². The van der Waals surface area contributed by atoms with Crippen molar-refractivity contribution in [2.45, 2.75) is 11.4 Å². The third-order valence-corrected chi connectivity index (χ3v) is 4.67. The van der Waals surface area contributed by atoms with Gasteiger partial charge in [-0.2, -0.15) is 0 Å². The zero-order valence-corrected chi connectivity index (χ0v) is 12.7. The Morgan fingerprint density at radius 3 is 2.95 bits per heavy atom. The molecule has 0 radical (unpaired) electrons. The molecule has 2 heterocycles. The molecule has 0 saturated carbocycles. The van der Waals surface area contributed by atoms with Crippen molar-refractivity contribution in [3.63, 3.8) is 0 Å². The van der Waals surface area contributed by atoms with E-state index in [9.17, 15) is 19.5 Å². The number of alkyl halides is 1. The van der Waals surface area contributed by atoms with Crippen LogP contribution in [0.1, 0.15) is 0 Å². The number of carboxylic acids is 1. The number of rotatable bonds is 5. The summed E-state index contributed by atoms with van der Waals surface area (Å²) in [5, 5.41) is 11.4. The Balaban J connectivity index is 2.31. The van der Waals surface area contributed by atoms with E-state index in [0.29, 0.717) is 17.7 Å². The Kier molecular flexibility index (Phi) is 4.50. The summed E-state index contributed by atoms with van der Waals surface area (Å²) in [5.74, 6) is -0.973. The first-order chi connectivity index (χ1) is 9.11. The second-order valence-electron chi connectivity index (χ2n) is 3.91. The first-order valence-corrected chi connectivity index (χ1v) is 8.02. The number of aliphatic carboxylic acids is 1. The number of fused-ring (bicyclic) bond motifs is 1. The van der Waals surface area contributed by atoms with Crippen LogP contribution in [0.25, 0.3) is 0 Å². The van der Waals surface area contributed by atoms with Crippen LogP contribution in [0.4, 0.5) is 0 Å². The van der Waals surface area contributed by atoms with Crippen LogP contribution in [0.3, 0.4) is 0 Å². The van der Waals surface area contributed by atoms with Gasteiger partial charge < -0.3 is 10.4 Å². The highest BCUT2D eigenvalue weighted by Gasteiger charge is 2.53. The second-order valence-corrected chi connectivity index (χ2v) is 5.89. The van der Waals surface area contributed by atoms with Gasteiger partial charge in [0.1, 0.15) is 17.1 Å². The first-order valence-electron chi connectivity index (χ1n) is 5.45. The minimum Gasteiger partial charge on any atom is -0.477 e. The number of carboxylic acid groups (broad SMARTS) is 1. The van der Waals surface area contributed by atoms with Crippen LogP contribution >= 0.6 is 34.4 Å². The molecule has 2 amide bonds. The molecule has 8 heteroatoms. The highest BCUT2D eigenvalue weighted by Crippen LogP contribution is 2.40. The summed E-state index contributed by atoms with van der Waals surface area (Å²) >= 11 is 3.61. The summed E-state index contributed by atoms with van der Waals surface area (Å²) in [4.78, 5) is 34.9. The van der Waals surface area contributed by atoms with Gasteiger partial charge in [0.25, 0.3) is 5.91 Å². The third kappa shape index (κ3) is 2.50. The lowest BCUT2D eigenvalue weighted by Crippen LogP contribution is -2.69. The van der Waals surface area contributed by atoms with Gasteiger partial charge in [-0.1, -0.05) is 34.7 Å². The van der Waals surface area contributed by atoms with E-state index in [2.05, 4.69) is 27.9 Å². The first kappa shape index (κ1) is 14.4. The molecule has 0 aliphatic carbocycles. The van der Waals surface area contributed by atoms with Gasteiger partial charge in [0.05, 0.1) is 0 Å². The van der Waals surface area contributed by atoms with Gasteiger partial charge in [0.15, 0.2) is 0 Å². The van der Waals surface area contributed by atoms with Crippen molar-refractivity contribution in [3.8, 4) is 0 Å². The molecule has 0 bridgehead atoms. The van der Waals surface area contributed by atoms with Gasteiger partial charge in [-0.25, -0.2) is 4.79 Å². The number of nitrogens with one attached hydrogen (secondary N) is 1. The summed E-state index contributed by atoms with van der Waals surface area (Å²) in [7, 11) is 0. The zero-order valence-electron chi connectivity index (χ0n) is 9.71. The molecule has 2 rings (SSSR count). The zero-order chi connectivity index (χ0) is 14.0. The van der Waals surface area contributed by atoms with Gasteiger partial charge in [-0.05, 0) is 5.57 Å². The smallest absolute Gasteiger partial charge is 0.352 e. The Bertz CT molecular complexity index is 491. The number of hydrogen-bond donors (Lipinski definition) is 2. The molecule has 1 fully saturated rings. The standard InChI is InChI=1S/C11H11IN2O4S/c12-3-1-2-6-4-19-10-7(13-5-15)9(16)14(10)8(6)11(17)18/h1-2,5,7,10H,3-4H2,(H,13,15)(H,17,18)/t7?,10-/m0/s1. The van der Waals surface area contributed by atoms with E-state index >= 15 is 0 Å². The molecule has 19 heavy (non-hydrogen) atoms. The Labute approximate surface area is 127 Å². The molecule has 6 nitrogen and oxygen atoms in total. The summed E-state index contributed by atoms with van der Waals surface area (Å²) in [6.45, 7) is 0. The van der Waals surface area contributed by atoms with Gasteiger partial charge in [-0.3, -0.25) is 14.5 Å². The summed E-state index contributed by atoms with van der Waals surface area (Å²) in [6.07, 6.45) is 4.06. The molecular weight excluding hydrogens is 383 g/mol. The average molecular weight is 394 g/mol. The van der Waals surface area contributed by atoms with Crippen LogP contribution in [0.5, 0.6) is 0 Å². The predicted molar refractivity (Wildman–Crippen MR) is 78.8 cm³/mol. The van der Waals surface area contributed by atoms with Crippen molar-refractivity contribution in [2.75, 3.05) is 10.2 Å². The van der Waals surface area contributed by atoms with E-state index < -0.39 is 12.0 Å². The van der Waals surface area contributed by atoms with E-state index in [1.807, 2.05) is 6.08 Å². The molecule has 0 aromatic carbocycles. The Morgan fingerprint density at radius 2 is 2.37 bits per heavy atom. The third-order valence-electron chi connectivity index (χ3n) is 2.86. The SMILES string of the molecule is O=CNC1C(=O)N2C(C(=O)O)=C(C=CCI)CS[C@@H]12. The number of carbonyl (C=O) groups excluding carboxylic acids is 2. The number of allylic oxidation sites excluding steroid dienone is 2. The maximum absolute atomic E-state index is 11.9. The number of carbonyl (C=O) groups is 3. The normalized spacial score (nSPS) is 26.2. The predicted octanol–water partition coefficient (Wildman–Crippen LogP) is 0.346. The molecule has 0 aromatic heterocycles. The van der Waals surface area contributed by atoms with E-state index in [4.69, 9.17) is 0 Å². The lowest BCUT2D eigenvalue weighted by molar-refractivity contribution is -0.149. The maximum atomic E-state index is 11.9. The van der Waals surface area contributed by atoms with Crippen LogP contribution < -0.4 is 5.32 Å². The van der Waals surface area contributed by atoms with Gasteiger partial charge in [0, 0.05) is 10.2 Å². The molecule has 102 valence electrons. The fraction of sp³-hybridized carbons (Fsp3) is 0.364. The largest absolute Gasteiger partial charge is 0.477 e. The molecule has 1 unspecified atom stereocenters. The maximum Gasteiger partial charge on any atom is 0.352 e. The van der Waals surface area contributed by atoms with E-state index in [-0.39, 0.29) is 17.0 Å². The molecular formula is C11H11IN2O4S. The minimum atomic E-state index is -1.11. The minimum absolute atomic E-state index is 0.0267. The van der Waals surface area contributed by atoms with Crippen molar-refractivity contribution >= 4 is 52.6 Å². The van der Waals surface area contributed by atoms with Crippen LogP contribution in [0.2, 0.25) is 0 Å². The molecule has 0 spiro atoms. The number of β-lactam (4-membered cyclic amide) rings is 1. The fourth-order valence-corrected chi connectivity index (χ4v) is 3.64. The molecule has 2 aliphatic heterocycles. The summed E-state index contributed by atoms with van der Waals surface area (Å²) in [6, 6.07) is -0.619. The number of amides is 2. The molecule has 2 N–H and O–H groups in total. The van der Waals surface area contributed by atoms with Crippen molar-refractivity contribution < 1.29 is 19.5 Å². The quantitative estimate of drug-likeness (QED) is 0.304. The van der Waals surface area contributed by atoms with E-state index in [1.165, 1.54) is 16.7 Å². The topological polar surface area (TPSA) is 86.7 Å². The monoisotopic (exact) mass is 394 g/mol. The van der Waals surface area contributed by atoms with Crippen LogP contribution in [0.15, 0.2) is 23.4 Å². The van der Waals surface area contributed by atoms with Crippen molar-refractivity contribution in [3.05, 3.63) is 23.4 Å². The number of thioether (sulfide) groups is 1.